The molecular weight excluding hydrogens is 211 g/mol. The molecule has 0 spiro atoms. The Morgan fingerprint density at radius 2 is 1.87 bits per heavy atom. The molecule has 0 saturated carbocycles. The van der Waals surface area contributed by atoms with Crippen molar-refractivity contribution < 1.29 is 9.18 Å². The zero-order valence-electron chi connectivity index (χ0n) is 9.21. The fourth-order valence-corrected chi connectivity index (χ4v) is 1.80. The highest BCUT2D eigenvalue weighted by Crippen LogP contribution is 2.31. The topological polar surface area (TPSA) is 17.1 Å². The summed E-state index contributed by atoms with van der Waals surface area (Å²) in [6.07, 6.45) is 0.806. The van der Waals surface area contributed by atoms with Crippen LogP contribution in [0.15, 0.2) is 29.2 Å². The number of halogens is 1. The number of rotatable bonds is 3. The Morgan fingerprint density at radius 1 is 1.33 bits per heavy atom. The molecule has 82 valence electrons. The normalized spacial score (nSPS) is 11.5. The molecule has 0 heterocycles. The van der Waals surface area contributed by atoms with Crippen LogP contribution in [0.25, 0.3) is 0 Å². The summed E-state index contributed by atoms with van der Waals surface area (Å²) in [6.45, 7) is 5.83. The summed E-state index contributed by atoms with van der Waals surface area (Å²) in [5, 5.41) is 0.122. The van der Waals surface area contributed by atoms with Gasteiger partial charge < -0.3 is 0 Å². The smallest absolute Gasteiger partial charge is 0.199 e. The quantitative estimate of drug-likeness (QED) is 0.727. The van der Waals surface area contributed by atoms with E-state index in [4.69, 9.17) is 0 Å². The Kier molecular flexibility index (Phi) is 3.91. The summed E-state index contributed by atoms with van der Waals surface area (Å²) in [6, 6.07) is 6.00. The third kappa shape index (κ3) is 3.34. The Balaban J connectivity index is 2.71. The molecule has 1 aromatic carbocycles. The molecule has 0 aliphatic carbocycles. The molecule has 0 aliphatic heterocycles. The van der Waals surface area contributed by atoms with Crippen molar-refractivity contribution in [3.8, 4) is 0 Å². The van der Waals surface area contributed by atoms with Crippen molar-refractivity contribution in [3.05, 3.63) is 30.1 Å². The van der Waals surface area contributed by atoms with Crippen LogP contribution in [0, 0.1) is 11.2 Å². The van der Waals surface area contributed by atoms with Crippen LogP contribution < -0.4 is 0 Å². The highest BCUT2D eigenvalue weighted by Gasteiger charge is 2.25. The lowest BCUT2D eigenvalue weighted by Crippen LogP contribution is -2.19. The maximum Gasteiger partial charge on any atom is 0.199 e. The Hall–Kier alpha value is -0.830. The van der Waals surface area contributed by atoms with Gasteiger partial charge in [0.25, 0.3) is 0 Å². The third-order valence-electron chi connectivity index (χ3n) is 2.46. The van der Waals surface area contributed by atoms with Gasteiger partial charge in [-0.2, -0.15) is 0 Å². The van der Waals surface area contributed by atoms with Crippen LogP contribution in [0.5, 0.6) is 0 Å². The zero-order valence-corrected chi connectivity index (χ0v) is 10.0. The molecular formula is C12H15FOS. The average Bonchev–Trinajstić information content (AvgIpc) is 2.21. The lowest BCUT2D eigenvalue weighted by molar-refractivity contribution is -0.118. The van der Waals surface area contributed by atoms with E-state index in [9.17, 15) is 9.18 Å². The molecule has 15 heavy (non-hydrogen) atoms. The molecule has 0 unspecified atom stereocenters. The predicted molar refractivity (Wildman–Crippen MR) is 61.3 cm³/mol. The summed E-state index contributed by atoms with van der Waals surface area (Å²) in [7, 11) is 0. The van der Waals surface area contributed by atoms with Crippen molar-refractivity contribution in [1.29, 1.82) is 0 Å². The van der Waals surface area contributed by atoms with E-state index >= 15 is 0 Å². The lowest BCUT2D eigenvalue weighted by atomic mass is 9.92. The first-order valence-electron chi connectivity index (χ1n) is 4.93. The second-order valence-corrected chi connectivity index (χ2v) is 5.13. The second-order valence-electron chi connectivity index (χ2n) is 4.08. The molecule has 0 fully saturated rings. The van der Waals surface area contributed by atoms with E-state index in [0.29, 0.717) is 0 Å². The van der Waals surface area contributed by atoms with Gasteiger partial charge in [0, 0.05) is 10.3 Å². The van der Waals surface area contributed by atoms with Gasteiger partial charge in [-0.05, 0) is 30.7 Å². The zero-order chi connectivity index (χ0) is 11.5. The number of carbonyl (C=O) groups is 1. The maximum atomic E-state index is 12.6. The summed E-state index contributed by atoms with van der Waals surface area (Å²) >= 11 is 1.18. The van der Waals surface area contributed by atoms with Crippen LogP contribution >= 0.6 is 11.8 Å². The van der Waals surface area contributed by atoms with Gasteiger partial charge >= 0.3 is 0 Å². The van der Waals surface area contributed by atoms with Gasteiger partial charge in [-0.1, -0.05) is 32.5 Å². The third-order valence-corrected chi connectivity index (χ3v) is 3.71. The minimum atomic E-state index is -0.320. The van der Waals surface area contributed by atoms with Gasteiger partial charge in [-0.3, -0.25) is 4.79 Å². The van der Waals surface area contributed by atoms with E-state index in [0.717, 1.165) is 11.3 Å². The van der Waals surface area contributed by atoms with Crippen molar-refractivity contribution in [2.24, 2.45) is 5.41 Å². The summed E-state index contributed by atoms with van der Waals surface area (Å²) in [5.41, 5.74) is -0.320. The SMILES string of the molecule is CCC(C)(C)C(=O)Sc1ccc(F)cc1. The molecule has 0 amide bonds. The molecule has 0 aromatic heterocycles. The molecule has 0 N–H and O–H groups in total. The molecule has 1 nitrogen and oxygen atoms in total. The number of benzene rings is 1. The van der Waals surface area contributed by atoms with Gasteiger partial charge in [0.05, 0.1) is 0 Å². The van der Waals surface area contributed by atoms with Crippen molar-refractivity contribution in [1.82, 2.24) is 0 Å². The molecule has 0 saturated heterocycles. The molecule has 3 heteroatoms. The first-order valence-corrected chi connectivity index (χ1v) is 5.75. The largest absolute Gasteiger partial charge is 0.286 e. The fourth-order valence-electron chi connectivity index (χ4n) is 0.892. The van der Waals surface area contributed by atoms with E-state index in [-0.39, 0.29) is 16.3 Å². The highest BCUT2D eigenvalue weighted by molar-refractivity contribution is 8.13. The van der Waals surface area contributed by atoms with Gasteiger partial charge in [0.1, 0.15) is 5.82 Å². The minimum absolute atomic E-state index is 0.122. The molecule has 1 rings (SSSR count). The summed E-state index contributed by atoms with van der Waals surface area (Å²) in [4.78, 5) is 12.6. The van der Waals surface area contributed by atoms with Crippen LogP contribution in [0.3, 0.4) is 0 Å². The van der Waals surface area contributed by atoms with Crippen LogP contribution in [0.4, 0.5) is 4.39 Å². The fraction of sp³-hybridized carbons (Fsp3) is 0.417. The Morgan fingerprint density at radius 3 is 2.33 bits per heavy atom. The average molecular weight is 226 g/mol. The number of hydrogen-bond acceptors (Lipinski definition) is 2. The Bertz CT molecular complexity index is 343. The number of thioether (sulfide) groups is 1. The second kappa shape index (κ2) is 4.79. The van der Waals surface area contributed by atoms with Gasteiger partial charge in [0.2, 0.25) is 0 Å². The van der Waals surface area contributed by atoms with Crippen LogP contribution in [0.2, 0.25) is 0 Å². The lowest BCUT2D eigenvalue weighted by Gasteiger charge is -2.19. The monoisotopic (exact) mass is 226 g/mol. The van der Waals surface area contributed by atoms with E-state index in [2.05, 4.69) is 0 Å². The van der Waals surface area contributed by atoms with Crippen molar-refractivity contribution in [3.63, 3.8) is 0 Å². The highest BCUT2D eigenvalue weighted by atomic mass is 32.2. The number of carbonyl (C=O) groups excluding carboxylic acids is 1. The predicted octanol–water partition coefficient (Wildman–Crippen LogP) is 3.88. The Labute approximate surface area is 94.1 Å². The van der Waals surface area contributed by atoms with Crippen molar-refractivity contribution in [2.45, 2.75) is 32.1 Å². The standard InChI is InChI=1S/C12H15FOS/c1-4-12(2,3)11(14)15-10-7-5-9(13)6-8-10/h5-8H,4H2,1-3H3. The van der Waals surface area contributed by atoms with E-state index in [1.807, 2.05) is 20.8 Å². The molecule has 0 bridgehead atoms. The minimum Gasteiger partial charge on any atom is -0.286 e. The first kappa shape index (κ1) is 12.2. The van der Waals surface area contributed by atoms with Gasteiger partial charge in [-0.15, -0.1) is 0 Å². The molecule has 0 atom stereocenters. The molecule has 0 aliphatic rings. The van der Waals surface area contributed by atoms with Gasteiger partial charge in [-0.25, -0.2) is 4.39 Å². The molecule has 0 radical (unpaired) electrons. The summed E-state index contributed by atoms with van der Waals surface area (Å²) < 4.78 is 12.6. The van der Waals surface area contributed by atoms with E-state index in [1.165, 1.54) is 23.9 Å². The van der Waals surface area contributed by atoms with Crippen molar-refractivity contribution >= 4 is 16.9 Å². The number of hydrogen-bond donors (Lipinski definition) is 0. The maximum absolute atomic E-state index is 12.6. The van der Waals surface area contributed by atoms with E-state index < -0.39 is 0 Å². The van der Waals surface area contributed by atoms with Crippen LogP contribution in [-0.2, 0) is 4.79 Å². The van der Waals surface area contributed by atoms with Gasteiger partial charge in [0.15, 0.2) is 5.12 Å². The molecule has 1 aromatic rings. The van der Waals surface area contributed by atoms with Crippen LogP contribution in [-0.4, -0.2) is 5.12 Å². The van der Waals surface area contributed by atoms with Crippen molar-refractivity contribution in [2.75, 3.05) is 0 Å². The first-order chi connectivity index (χ1) is 6.95. The van der Waals surface area contributed by atoms with Crippen LogP contribution in [0.1, 0.15) is 27.2 Å². The van der Waals surface area contributed by atoms with E-state index in [1.54, 1.807) is 12.1 Å². The summed E-state index contributed by atoms with van der Waals surface area (Å²) in [5.74, 6) is -0.276.